The van der Waals surface area contributed by atoms with E-state index in [2.05, 4.69) is 5.32 Å². The lowest BCUT2D eigenvalue weighted by Gasteiger charge is -2.49. The Labute approximate surface area is 229 Å². The Morgan fingerprint density at radius 1 is 0.850 bits per heavy atom. The first-order valence-corrected chi connectivity index (χ1v) is 13.1. The summed E-state index contributed by atoms with van der Waals surface area (Å²) in [4.78, 5) is 12.6. The molecule has 3 fully saturated rings. The number of ether oxygens (including phenoxy) is 4. The van der Waals surface area contributed by atoms with Gasteiger partial charge in [-0.25, -0.2) is 0 Å². The van der Waals surface area contributed by atoms with Gasteiger partial charge in [0.25, 0.3) is 0 Å². The molecule has 0 aromatic heterocycles. The van der Waals surface area contributed by atoms with E-state index in [9.17, 15) is 45.6 Å². The van der Waals surface area contributed by atoms with Crippen LogP contribution in [0.25, 0.3) is 0 Å². The van der Waals surface area contributed by atoms with Crippen molar-refractivity contribution in [3.05, 3.63) is 0 Å². The Hall–Kier alpha value is -1.17. The van der Waals surface area contributed by atoms with Gasteiger partial charge < -0.3 is 88.1 Å². The number of hydrogen-bond donors (Lipinski definition) is 13. The topological polar surface area (TPSA) is 332 Å². The van der Waals surface area contributed by atoms with Gasteiger partial charge in [-0.05, 0) is 19.4 Å². The zero-order chi connectivity index (χ0) is 29.9. The largest absolute Gasteiger partial charge is 0.394 e. The number of aliphatic hydroxyl groups excluding tert-OH is 8. The van der Waals surface area contributed by atoms with Crippen LogP contribution < -0.4 is 28.3 Å². The first-order chi connectivity index (χ1) is 18.9. The van der Waals surface area contributed by atoms with Gasteiger partial charge in [-0.3, -0.25) is 4.79 Å². The molecule has 17 N–H and O–H groups in total. The molecule has 0 aromatic rings. The Kier molecular flexibility index (Phi) is 11.9. The van der Waals surface area contributed by atoms with Crippen molar-refractivity contribution in [1.82, 2.24) is 5.32 Å². The number of amides is 1. The van der Waals surface area contributed by atoms with Crippen molar-refractivity contribution < 1.29 is 64.6 Å². The Morgan fingerprint density at radius 2 is 1.45 bits per heavy atom. The number of carbonyl (C=O) groups is 1. The third kappa shape index (κ3) is 7.06. The minimum atomic E-state index is -1.76. The van der Waals surface area contributed by atoms with E-state index < -0.39 is 110 Å². The lowest BCUT2D eigenvalue weighted by atomic mass is 9.83. The Morgan fingerprint density at radius 3 is 2.05 bits per heavy atom. The molecule has 0 aromatic carbocycles. The monoisotopic (exact) mass is 585 g/mol. The fourth-order valence-corrected chi connectivity index (χ4v) is 5.07. The minimum Gasteiger partial charge on any atom is -0.394 e. The number of nitrogens with two attached hydrogens (primary N) is 4. The molecule has 1 amide bonds. The van der Waals surface area contributed by atoms with Crippen LogP contribution in [0, 0.1) is 0 Å². The van der Waals surface area contributed by atoms with E-state index in [1.807, 2.05) is 0 Å². The van der Waals surface area contributed by atoms with Gasteiger partial charge in [0, 0.05) is 12.6 Å². The maximum absolute atomic E-state index is 12.6. The predicted molar refractivity (Wildman–Crippen MR) is 131 cm³/mol. The van der Waals surface area contributed by atoms with Crippen LogP contribution in [0.15, 0.2) is 0 Å². The van der Waals surface area contributed by atoms with E-state index in [4.69, 9.17) is 41.9 Å². The van der Waals surface area contributed by atoms with Crippen molar-refractivity contribution in [2.75, 3.05) is 19.7 Å². The summed E-state index contributed by atoms with van der Waals surface area (Å²) in [6.45, 7) is -0.898. The Balaban J connectivity index is 1.85. The number of hydrogen-bond acceptors (Lipinski definition) is 17. The van der Waals surface area contributed by atoms with Crippen LogP contribution in [0.5, 0.6) is 0 Å². The first kappa shape index (κ1) is 33.3. The summed E-state index contributed by atoms with van der Waals surface area (Å²) >= 11 is 0. The molecule has 1 saturated carbocycles. The first-order valence-electron chi connectivity index (χ1n) is 13.1. The molecular weight excluding hydrogens is 542 g/mol. The van der Waals surface area contributed by atoms with Crippen LogP contribution in [0.2, 0.25) is 0 Å². The lowest BCUT2D eigenvalue weighted by Crippen LogP contribution is -2.69. The zero-order valence-corrected chi connectivity index (χ0v) is 21.7. The van der Waals surface area contributed by atoms with Gasteiger partial charge in [0.1, 0.15) is 67.1 Å². The van der Waals surface area contributed by atoms with E-state index in [1.54, 1.807) is 0 Å². The second-order valence-corrected chi connectivity index (χ2v) is 10.3. The van der Waals surface area contributed by atoms with Gasteiger partial charge in [-0.1, -0.05) is 0 Å². The van der Waals surface area contributed by atoms with Gasteiger partial charge in [0.2, 0.25) is 5.91 Å². The van der Waals surface area contributed by atoms with Crippen LogP contribution in [0.1, 0.15) is 12.8 Å². The summed E-state index contributed by atoms with van der Waals surface area (Å²) in [6, 6.07) is -3.45. The van der Waals surface area contributed by atoms with Gasteiger partial charge >= 0.3 is 0 Å². The lowest BCUT2D eigenvalue weighted by molar-refractivity contribution is -0.332. The summed E-state index contributed by atoms with van der Waals surface area (Å²) in [5.41, 5.74) is 23.1. The summed E-state index contributed by atoms with van der Waals surface area (Å²) < 4.78 is 22.5. The molecule has 18 heteroatoms. The fourth-order valence-electron chi connectivity index (χ4n) is 5.07. The van der Waals surface area contributed by atoms with Crippen LogP contribution in [0.3, 0.4) is 0 Å². The summed E-state index contributed by atoms with van der Waals surface area (Å²) in [5.74, 6) is -0.845. The minimum absolute atomic E-state index is 0.0101. The molecule has 3 aliphatic rings. The summed E-state index contributed by atoms with van der Waals surface area (Å²) in [6.07, 6.45) is -19.8. The van der Waals surface area contributed by atoms with Crippen molar-refractivity contribution in [2.45, 2.75) is 111 Å². The zero-order valence-electron chi connectivity index (χ0n) is 21.7. The second kappa shape index (κ2) is 14.3. The summed E-state index contributed by atoms with van der Waals surface area (Å²) in [7, 11) is 0. The van der Waals surface area contributed by atoms with E-state index in [1.165, 1.54) is 0 Å². The quantitative estimate of drug-likeness (QED) is 0.113. The number of carbonyl (C=O) groups excluding carboxylic acids is 1. The SMILES string of the molecule is NCC[C@H](O)C(=O)N[C@@H]1C[C@H](N)[C@@H](O[C@@H]2O[C@H](CN)[C@@H](O)[C@H](O)[C@H]2O)[C@H](O)[C@H]1O[C@H]1O[C@H](CO)[C@@H](O)[C@H](N)[C@H]1O. The normalized spacial score (nSPS) is 47.0. The highest BCUT2D eigenvalue weighted by Crippen LogP contribution is 2.32. The van der Waals surface area contributed by atoms with Crippen LogP contribution in [0.4, 0.5) is 0 Å². The average Bonchev–Trinajstić information content (AvgIpc) is 2.92. The van der Waals surface area contributed by atoms with E-state index in [0.717, 1.165) is 0 Å². The number of nitrogens with one attached hydrogen (secondary N) is 1. The Bertz CT molecular complexity index is 815. The molecule has 2 heterocycles. The van der Waals surface area contributed by atoms with Gasteiger partial charge in [0.15, 0.2) is 12.6 Å². The van der Waals surface area contributed by atoms with Crippen LogP contribution in [-0.4, -0.2) is 164 Å². The molecule has 18 nitrogen and oxygen atoms in total. The van der Waals surface area contributed by atoms with Crippen molar-refractivity contribution >= 4 is 5.91 Å². The van der Waals surface area contributed by atoms with Crippen LogP contribution >= 0.6 is 0 Å². The van der Waals surface area contributed by atoms with E-state index in [-0.39, 0.29) is 25.9 Å². The molecule has 2 saturated heterocycles. The van der Waals surface area contributed by atoms with Gasteiger partial charge in [-0.2, -0.15) is 0 Å². The molecular formula is C22H43N5O13. The molecule has 1 aliphatic carbocycles. The fraction of sp³-hybridized carbons (Fsp3) is 0.955. The van der Waals surface area contributed by atoms with Gasteiger partial charge in [-0.15, -0.1) is 0 Å². The molecule has 2 aliphatic heterocycles. The smallest absolute Gasteiger partial charge is 0.249 e. The van der Waals surface area contributed by atoms with E-state index in [0.29, 0.717) is 0 Å². The second-order valence-electron chi connectivity index (χ2n) is 10.3. The molecule has 0 radical (unpaired) electrons. The van der Waals surface area contributed by atoms with Gasteiger partial charge in [0.05, 0.1) is 18.7 Å². The van der Waals surface area contributed by atoms with E-state index >= 15 is 0 Å². The number of aliphatic hydroxyl groups is 8. The standard InChI is InChI=1S/C22H43N5O13/c23-2-1-8(29)20(36)27-7-3-6(25)18(39-22-16(34)15(33)13(31)9(4-24)37-22)17(35)19(7)40-21-14(32)11(26)12(30)10(5-28)38-21/h6-19,21-22,28-35H,1-5,23-26H2,(H,27,36)/t6-,7+,8-,9+,10+,11-,12+,13+,14+,15-,16+,17-,18+,19-,21+,22-/m0/s1. The van der Waals surface area contributed by atoms with Crippen molar-refractivity contribution in [2.24, 2.45) is 22.9 Å². The highest BCUT2D eigenvalue weighted by molar-refractivity contribution is 5.80. The third-order valence-electron chi connectivity index (χ3n) is 7.51. The average molecular weight is 586 g/mol. The number of rotatable bonds is 10. The van der Waals surface area contributed by atoms with Crippen molar-refractivity contribution in [3.8, 4) is 0 Å². The molecule has 3 rings (SSSR count). The summed E-state index contributed by atoms with van der Waals surface area (Å²) in [5, 5.41) is 84.9. The molecule has 234 valence electrons. The maximum atomic E-state index is 12.6. The molecule has 0 unspecified atom stereocenters. The van der Waals surface area contributed by atoms with Crippen LogP contribution in [-0.2, 0) is 23.7 Å². The maximum Gasteiger partial charge on any atom is 0.249 e. The highest BCUT2D eigenvalue weighted by atomic mass is 16.7. The molecule has 0 bridgehead atoms. The molecule has 0 spiro atoms. The molecule has 40 heavy (non-hydrogen) atoms. The van der Waals surface area contributed by atoms with Crippen molar-refractivity contribution in [1.29, 1.82) is 0 Å². The molecule has 16 atom stereocenters. The highest BCUT2D eigenvalue weighted by Gasteiger charge is 2.52. The third-order valence-corrected chi connectivity index (χ3v) is 7.51. The predicted octanol–water partition coefficient (Wildman–Crippen LogP) is -8.42. The van der Waals surface area contributed by atoms with Crippen molar-refractivity contribution in [3.63, 3.8) is 0 Å².